The number of amides is 1. The fraction of sp³-hybridized carbons (Fsp3) is 0.417. The summed E-state index contributed by atoms with van der Waals surface area (Å²) < 4.78 is 0. The molecule has 0 saturated carbocycles. The van der Waals surface area contributed by atoms with Crippen LogP contribution in [0.5, 0.6) is 0 Å². The molecule has 1 unspecified atom stereocenters. The maximum Gasteiger partial charge on any atom is 0.300 e. The molecule has 0 spiro atoms. The van der Waals surface area contributed by atoms with E-state index in [1.54, 1.807) is 0 Å². The first kappa shape index (κ1) is 14.1. The van der Waals surface area contributed by atoms with Crippen molar-refractivity contribution < 1.29 is 9.72 Å². The molecule has 19 heavy (non-hydrogen) atoms. The largest absolute Gasteiger partial charge is 0.352 e. The third kappa shape index (κ3) is 3.39. The molecule has 1 fully saturated rings. The average molecular weight is 301 g/mol. The van der Waals surface area contributed by atoms with E-state index in [1.165, 1.54) is 18.2 Å². The number of nitrogens with zero attached hydrogens (tertiary/aromatic N) is 1. The third-order valence-electron chi connectivity index (χ3n) is 2.99. The molecule has 7 heteroatoms. The van der Waals surface area contributed by atoms with Crippen molar-refractivity contribution in [2.24, 2.45) is 5.92 Å². The van der Waals surface area contributed by atoms with Crippen LogP contribution < -0.4 is 5.32 Å². The highest BCUT2D eigenvalue weighted by Crippen LogP contribution is 2.28. The van der Waals surface area contributed by atoms with Gasteiger partial charge in [-0.25, -0.2) is 0 Å². The summed E-state index contributed by atoms with van der Waals surface area (Å²) in [5.41, 5.74) is -0.314. The van der Waals surface area contributed by atoms with Crippen LogP contribution in [0, 0.1) is 16.0 Å². The van der Waals surface area contributed by atoms with Gasteiger partial charge in [0.1, 0.15) is 10.6 Å². The van der Waals surface area contributed by atoms with E-state index in [2.05, 4.69) is 5.32 Å². The van der Waals surface area contributed by atoms with Crippen LogP contribution in [0.4, 0.5) is 5.69 Å². The number of carbonyl (C=O) groups excluding carboxylic acids is 1. The van der Waals surface area contributed by atoms with Gasteiger partial charge in [-0.2, -0.15) is 11.8 Å². The zero-order chi connectivity index (χ0) is 13.8. The molecule has 0 aromatic heterocycles. The summed E-state index contributed by atoms with van der Waals surface area (Å²) in [6.07, 6.45) is 1.07. The lowest BCUT2D eigenvalue weighted by atomic mass is 10.1. The number of halogens is 1. The summed E-state index contributed by atoms with van der Waals surface area (Å²) in [6.45, 7) is 0.551. The van der Waals surface area contributed by atoms with E-state index in [0.29, 0.717) is 12.5 Å². The molecule has 1 N–H and O–H groups in total. The number of hydrogen-bond acceptors (Lipinski definition) is 4. The van der Waals surface area contributed by atoms with Gasteiger partial charge in [-0.05, 0) is 36.0 Å². The van der Waals surface area contributed by atoms with Crippen molar-refractivity contribution in [3.05, 3.63) is 38.9 Å². The number of para-hydroxylation sites is 1. The minimum Gasteiger partial charge on any atom is -0.352 e. The maximum atomic E-state index is 12.0. The first-order valence-corrected chi connectivity index (χ1v) is 7.41. The molecule has 2 rings (SSSR count). The number of thioether (sulfide) groups is 1. The molecule has 5 nitrogen and oxygen atoms in total. The minimum atomic E-state index is -0.622. The van der Waals surface area contributed by atoms with Crippen LogP contribution in [0.3, 0.4) is 0 Å². The van der Waals surface area contributed by atoms with E-state index in [0.717, 1.165) is 17.9 Å². The Balaban J connectivity index is 2.10. The molecule has 1 aromatic rings. The fourth-order valence-electron chi connectivity index (χ4n) is 1.96. The number of nitrogens with one attached hydrogen (secondary N) is 1. The minimum absolute atomic E-state index is 0.0168. The van der Waals surface area contributed by atoms with Gasteiger partial charge in [-0.1, -0.05) is 17.7 Å². The Morgan fingerprint density at radius 3 is 3.00 bits per heavy atom. The average Bonchev–Trinajstić information content (AvgIpc) is 2.88. The van der Waals surface area contributed by atoms with Crippen molar-refractivity contribution >= 4 is 35.0 Å². The van der Waals surface area contributed by atoms with E-state index in [1.807, 2.05) is 11.8 Å². The van der Waals surface area contributed by atoms with Crippen LogP contribution in [-0.2, 0) is 0 Å². The summed E-state index contributed by atoms with van der Waals surface area (Å²) in [6, 6.07) is 4.36. The van der Waals surface area contributed by atoms with Gasteiger partial charge < -0.3 is 5.32 Å². The molecule has 0 aliphatic carbocycles. The van der Waals surface area contributed by atoms with Gasteiger partial charge in [-0.15, -0.1) is 0 Å². The lowest BCUT2D eigenvalue weighted by Gasteiger charge is -2.10. The molecule has 0 radical (unpaired) electrons. The topological polar surface area (TPSA) is 72.2 Å². The summed E-state index contributed by atoms with van der Waals surface area (Å²) in [5.74, 6) is 2.15. The number of benzene rings is 1. The molecule has 1 atom stereocenters. The molecule has 1 aromatic carbocycles. The summed E-state index contributed by atoms with van der Waals surface area (Å²) in [7, 11) is 0. The predicted molar refractivity (Wildman–Crippen MR) is 75.9 cm³/mol. The van der Waals surface area contributed by atoms with Crippen molar-refractivity contribution in [1.82, 2.24) is 5.32 Å². The normalized spacial score (nSPS) is 18.3. The number of rotatable bonds is 4. The monoisotopic (exact) mass is 300 g/mol. The summed E-state index contributed by atoms with van der Waals surface area (Å²) in [4.78, 5) is 22.3. The van der Waals surface area contributed by atoms with Crippen molar-refractivity contribution in [3.8, 4) is 0 Å². The first-order chi connectivity index (χ1) is 9.09. The second-order valence-electron chi connectivity index (χ2n) is 4.33. The fourth-order valence-corrected chi connectivity index (χ4v) is 3.49. The number of nitro groups is 1. The Morgan fingerprint density at radius 2 is 2.37 bits per heavy atom. The molecule has 1 saturated heterocycles. The van der Waals surface area contributed by atoms with Gasteiger partial charge in [0.05, 0.1) is 4.92 Å². The zero-order valence-corrected chi connectivity index (χ0v) is 11.7. The van der Waals surface area contributed by atoms with Crippen molar-refractivity contribution in [3.63, 3.8) is 0 Å². The molecule has 1 aliphatic heterocycles. The Kier molecular flexibility index (Phi) is 4.66. The number of carbonyl (C=O) groups is 1. The van der Waals surface area contributed by atoms with Crippen LogP contribution in [0.25, 0.3) is 0 Å². The second-order valence-corrected chi connectivity index (χ2v) is 5.89. The highest BCUT2D eigenvalue weighted by Gasteiger charge is 2.24. The molecule has 1 heterocycles. The van der Waals surface area contributed by atoms with Gasteiger partial charge in [0.2, 0.25) is 0 Å². The van der Waals surface area contributed by atoms with E-state index in [9.17, 15) is 14.9 Å². The Hall–Kier alpha value is -1.27. The maximum absolute atomic E-state index is 12.0. The smallest absolute Gasteiger partial charge is 0.300 e. The summed E-state index contributed by atoms with van der Waals surface area (Å²) >= 11 is 7.63. The molecule has 102 valence electrons. The first-order valence-electron chi connectivity index (χ1n) is 5.88. The van der Waals surface area contributed by atoms with Crippen LogP contribution in [-0.4, -0.2) is 28.9 Å². The van der Waals surface area contributed by atoms with E-state index < -0.39 is 10.8 Å². The third-order valence-corrected chi connectivity index (χ3v) is 4.53. The van der Waals surface area contributed by atoms with Crippen LogP contribution in [0.2, 0.25) is 5.02 Å². The number of hydrogen-bond donors (Lipinski definition) is 1. The molecule has 1 aliphatic rings. The van der Waals surface area contributed by atoms with Gasteiger partial charge >= 0.3 is 5.69 Å². The van der Waals surface area contributed by atoms with Gasteiger partial charge in [0.25, 0.3) is 5.91 Å². The molecular formula is C12H13ClN2O3S. The van der Waals surface area contributed by atoms with Crippen LogP contribution >= 0.6 is 23.4 Å². The lowest BCUT2D eigenvalue weighted by Crippen LogP contribution is -2.29. The molecule has 0 bridgehead atoms. The van der Waals surface area contributed by atoms with Crippen LogP contribution in [0.1, 0.15) is 16.8 Å². The van der Waals surface area contributed by atoms with Crippen LogP contribution in [0.15, 0.2) is 18.2 Å². The Bertz CT molecular complexity index is 504. The summed E-state index contributed by atoms with van der Waals surface area (Å²) in [5, 5.41) is 13.7. The van der Waals surface area contributed by atoms with Gasteiger partial charge in [0, 0.05) is 6.54 Å². The lowest BCUT2D eigenvalue weighted by molar-refractivity contribution is -0.385. The number of nitro benzene ring substituents is 1. The Labute approximate surface area is 119 Å². The predicted octanol–water partition coefficient (Wildman–Crippen LogP) is 2.73. The SMILES string of the molecule is O=C(NCC1CCSC1)c1cccc(Cl)c1[N+](=O)[O-]. The van der Waals surface area contributed by atoms with E-state index in [-0.39, 0.29) is 16.3 Å². The van der Waals surface area contributed by atoms with Crippen molar-refractivity contribution in [2.75, 3.05) is 18.1 Å². The molecule has 1 amide bonds. The highest BCUT2D eigenvalue weighted by molar-refractivity contribution is 7.99. The second kappa shape index (κ2) is 6.25. The van der Waals surface area contributed by atoms with E-state index in [4.69, 9.17) is 11.6 Å². The quantitative estimate of drug-likeness (QED) is 0.685. The van der Waals surface area contributed by atoms with E-state index >= 15 is 0 Å². The zero-order valence-electron chi connectivity index (χ0n) is 10.1. The van der Waals surface area contributed by atoms with Gasteiger partial charge in [-0.3, -0.25) is 14.9 Å². The Morgan fingerprint density at radius 1 is 1.58 bits per heavy atom. The highest BCUT2D eigenvalue weighted by atomic mass is 35.5. The van der Waals surface area contributed by atoms with Gasteiger partial charge in [0.15, 0.2) is 0 Å². The molecular weight excluding hydrogens is 288 g/mol. The van der Waals surface area contributed by atoms with Crippen molar-refractivity contribution in [2.45, 2.75) is 6.42 Å². The van der Waals surface area contributed by atoms with Crippen molar-refractivity contribution in [1.29, 1.82) is 0 Å². The standard InChI is InChI=1S/C12H13ClN2O3S/c13-10-3-1-2-9(11(10)15(17)18)12(16)14-6-8-4-5-19-7-8/h1-3,8H,4-7H2,(H,14,16).